The van der Waals surface area contributed by atoms with Crippen molar-refractivity contribution < 1.29 is 9.59 Å². The molecular formula is C16H17NO2. The summed E-state index contributed by atoms with van der Waals surface area (Å²) in [5.41, 5.74) is 0.00398. The molecule has 0 bridgehead atoms. The number of carbonyl (C=O) groups excluding carboxylic acids is 2. The van der Waals surface area contributed by atoms with Gasteiger partial charge in [0.1, 0.15) is 0 Å². The monoisotopic (exact) mass is 255 g/mol. The van der Waals surface area contributed by atoms with Gasteiger partial charge in [0.2, 0.25) is 5.78 Å². The van der Waals surface area contributed by atoms with Gasteiger partial charge in [-0.2, -0.15) is 0 Å². The minimum atomic E-state index is -0.567. The molecule has 1 N–H and O–H groups in total. The largest absolute Gasteiger partial charge is 0.345 e. The lowest BCUT2D eigenvalue weighted by Crippen LogP contribution is -2.44. The van der Waals surface area contributed by atoms with Crippen molar-refractivity contribution in [1.82, 2.24) is 5.32 Å². The fourth-order valence-corrected chi connectivity index (χ4v) is 1.86. The van der Waals surface area contributed by atoms with E-state index in [1.54, 1.807) is 12.1 Å². The number of hydrogen-bond donors (Lipinski definition) is 1. The molecule has 0 unspecified atom stereocenters. The zero-order chi connectivity index (χ0) is 14.0. The number of benzene rings is 2. The zero-order valence-electron chi connectivity index (χ0n) is 11.4. The molecule has 0 atom stereocenters. The molecule has 0 heterocycles. The summed E-state index contributed by atoms with van der Waals surface area (Å²) < 4.78 is 0. The molecule has 3 heteroatoms. The summed E-state index contributed by atoms with van der Waals surface area (Å²) in [5, 5.41) is 4.68. The highest BCUT2D eigenvalue weighted by Crippen LogP contribution is 2.16. The molecule has 0 saturated carbocycles. The Bertz CT molecular complexity index is 638. The van der Waals surface area contributed by atoms with Crippen LogP contribution in [0.5, 0.6) is 0 Å². The Balaban J connectivity index is 2.29. The second-order valence-electron chi connectivity index (χ2n) is 5.60. The van der Waals surface area contributed by atoms with E-state index in [0.29, 0.717) is 5.56 Å². The second-order valence-corrected chi connectivity index (χ2v) is 5.60. The summed E-state index contributed by atoms with van der Waals surface area (Å²) in [4.78, 5) is 23.9. The Kier molecular flexibility index (Phi) is 3.38. The van der Waals surface area contributed by atoms with Crippen LogP contribution in [0.2, 0.25) is 0 Å². The average molecular weight is 255 g/mol. The standard InChI is InChI=1S/C16H17NO2/c1-16(2,3)17-15(19)14(18)13-9-8-11-6-4-5-7-12(11)10-13/h4-10H,1-3H3,(H,17,19). The lowest BCUT2D eigenvalue weighted by Gasteiger charge is -2.19. The van der Waals surface area contributed by atoms with E-state index in [4.69, 9.17) is 0 Å². The van der Waals surface area contributed by atoms with Crippen molar-refractivity contribution in [2.75, 3.05) is 0 Å². The van der Waals surface area contributed by atoms with Crippen molar-refractivity contribution in [2.24, 2.45) is 0 Å². The van der Waals surface area contributed by atoms with Crippen LogP contribution in [0.15, 0.2) is 42.5 Å². The molecule has 0 fully saturated rings. The summed E-state index contributed by atoms with van der Waals surface area (Å²) in [6, 6.07) is 13.0. The lowest BCUT2D eigenvalue weighted by molar-refractivity contribution is -0.118. The lowest BCUT2D eigenvalue weighted by atomic mass is 10.0. The van der Waals surface area contributed by atoms with E-state index in [1.165, 1.54) is 0 Å². The molecule has 0 aliphatic rings. The Morgan fingerprint density at radius 3 is 2.21 bits per heavy atom. The van der Waals surface area contributed by atoms with Crippen LogP contribution >= 0.6 is 0 Å². The predicted octanol–water partition coefficient (Wildman–Crippen LogP) is 2.94. The maximum atomic E-state index is 12.1. The Hall–Kier alpha value is -2.16. The Morgan fingerprint density at radius 2 is 1.58 bits per heavy atom. The van der Waals surface area contributed by atoms with Crippen LogP contribution in [-0.2, 0) is 4.79 Å². The third kappa shape index (κ3) is 3.19. The topological polar surface area (TPSA) is 46.2 Å². The molecule has 0 radical (unpaired) electrons. The molecule has 0 aromatic heterocycles. The number of amides is 1. The molecule has 1 amide bonds. The minimum absolute atomic E-state index is 0.413. The third-order valence-corrected chi connectivity index (χ3v) is 2.71. The maximum Gasteiger partial charge on any atom is 0.292 e. The highest BCUT2D eigenvalue weighted by Gasteiger charge is 2.21. The zero-order valence-corrected chi connectivity index (χ0v) is 11.4. The fraction of sp³-hybridized carbons (Fsp3) is 0.250. The van der Waals surface area contributed by atoms with Gasteiger partial charge in [0, 0.05) is 11.1 Å². The van der Waals surface area contributed by atoms with Gasteiger partial charge in [0.25, 0.3) is 5.91 Å². The molecule has 98 valence electrons. The maximum absolute atomic E-state index is 12.1. The number of nitrogens with one attached hydrogen (secondary N) is 1. The number of hydrogen-bond acceptors (Lipinski definition) is 2. The molecule has 19 heavy (non-hydrogen) atoms. The Labute approximate surface area is 112 Å². The average Bonchev–Trinajstić information content (AvgIpc) is 2.35. The van der Waals surface area contributed by atoms with E-state index in [0.717, 1.165) is 10.8 Å². The van der Waals surface area contributed by atoms with Crippen LogP contribution in [0.1, 0.15) is 31.1 Å². The molecular weight excluding hydrogens is 238 g/mol. The number of fused-ring (bicyclic) bond motifs is 1. The SMILES string of the molecule is CC(C)(C)NC(=O)C(=O)c1ccc2ccccc2c1. The van der Waals surface area contributed by atoms with Crippen LogP contribution in [0.25, 0.3) is 10.8 Å². The molecule has 0 aliphatic carbocycles. The van der Waals surface area contributed by atoms with E-state index in [1.807, 2.05) is 51.1 Å². The van der Waals surface area contributed by atoms with E-state index < -0.39 is 17.2 Å². The van der Waals surface area contributed by atoms with Gasteiger partial charge in [0.15, 0.2) is 0 Å². The van der Waals surface area contributed by atoms with Crippen LogP contribution in [0, 0.1) is 0 Å². The molecule has 0 aliphatic heterocycles. The smallest absolute Gasteiger partial charge is 0.292 e. The van der Waals surface area contributed by atoms with Gasteiger partial charge in [0.05, 0.1) is 0 Å². The summed E-state index contributed by atoms with van der Waals surface area (Å²) >= 11 is 0. The number of ketones is 1. The molecule has 3 nitrogen and oxygen atoms in total. The summed E-state index contributed by atoms with van der Waals surface area (Å²) in [6.07, 6.45) is 0. The van der Waals surface area contributed by atoms with E-state index in [2.05, 4.69) is 5.32 Å². The summed E-state index contributed by atoms with van der Waals surface area (Å²) in [7, 11) is 0. The molecule has 2 aromatic carbocycles. The predicted molar refractivity (Wildman–Crippen MR) is 76.2 cm³/mol. The van der Waals surface area contributed by atoms with Crippen LogP contribution in [-0.4, -0.2) is 17.2 Å². The van der Waals surface area contributed by atoms with E-state index >= 15 is 0 Å². The fourth-order valence-electron chi connectivity index (χ4n) is 1.86. The molecule has 0 saturated heterocycles. The Morgan fingerprint density at radius 1 is 0.947 bits per heavy atom. The van der Waals surface area contributed by atoms with Crippen molar-refractivity contribution in [3.8, 4) is 0 Å². The highest BCUT2D eigenvalue weighted by atomic mass is 16.2. The number of carbonyl (C=O) groups is 2. The van der Waals surface area contributed by atoms with Crippen molar-refractivity contribution in [1.29, 1.82) is 0 Å². The second kappa shape index (κ2) is 4.84. The molecule has 0 spiro atoms. The van der Waals surface area contributed by atoms with Crippen LogP contribution < -0.4 is 5.32 Å². The molecule has 2 aromatic rings. The van der Waals surface area contributed by atoms with Crippen LogP contribution in [0.3, 0.4) is 0 Å². The first-order valence-corrected chi connectivity index (χ1v) is 6.22. The van der Waals surface area contributed by atoms with Gasteiger partial charge >= 0.3 is 0 Å². The summed E-state index contributed by atoms with van der Waals surface area (Å²) in [5.74, 6) is -1.07. The quantitative estimate of drug-likeness (QED) is 0.662. The van der Waals surface area contributed by atoms with Gasteiger partial charge in [-0.3, -0.25) is 9.59 Å². The van der Waals surface area contributed by atoms with Gasteiger partial charge in [-0.1, -0.05) is 36.4 Å². The van der Waals surface area contributed by atoms with Crippen molar-refractivity contribution >= 4 is 22.5 Å². The van der Waals surface area contributed by atoms with Gasteiger partial charge in [-0.05, 0) is 37.6 Å². The normalized spacial score (nSPS) is 11.3. The first kappa shape index (κ1) is 13.3. The first-order valence-electron chi connectivity index (χ1n) is 6.22. The van der Waals surface area contributed by atoms with Gasteiger partial charge in [-0.25, -0.2) is 0 Å². The highest BCUT2D eigenvalue weighted by molar-refractivity contribution is 6.43. The summed E-state index contributed by atoms with van der Waals surface area (Å²) in [6.45, 7) is 5.54. The number of rotatable bonds is 2. The number of Topliss-reactive ketones (excluding diaryl/α,β-unsaturated/α-hetero) is 1. The minimum Gasteiger partial charge on any atom is -0.345 e. The molecule has 2 rings (SSSR count). The van der Waals surface area contributed by atoms with Crippen molar-refractivity contribution in [2.45, 2.75) is 26.3 Å². The first-order chi connectivity index (χ1) is 8.87. The van der Waals surface area contributed by atoms with Gasteiger partial charge < -0.3 is 5.32 Å². The third-order valence-electron chi connectivity index (χ3n) is 2.71. The van der Waals surface area contributed by atoms with E-state index in [9.17, 15) is 9.59 Å². The van der Waals surface area contributed by atoms with Crippen LogP contribution in [0.4, 0.5) is 0 Å². The van der Waals surface area contributed by atoms with Gasteiger partial charge in [-0.15, -0.1) is 0 Å². The van der Waals surface area contributed by atoms with Crippen molar-refractivity contribution in [3.63, 3.8) is 0 Å². The van der Waals surface area contributed by atoms with Crippen molar-refractivity contribution in [3.05, 3.63) is 48.0 Å². The van der Waals surface area contributed by atoms with E-state index in [-0.39, 0.29) is 0 Å².